The molecule has 2 aromatic rings. The normalized spacial score (nSPS) is 13.3. The van der Waals surface area contributed by atoms with Crippen LogP contribution in [0.1, 0.15) is 37.4 Å². The Labute approximate surface area is 122 Å². The molecule has 0 radical (unpaired) electrons. The average molecular weight is 276 g/mol. The number of rotatable bonds is 1. The van der Waals surface area contributed by atoms with Crippen LogP contribution in [0, 0.1) is 25.2 Å². The molecular formula is C17H12N2O2. The largest absolute Gasteiger partial charge is 0.268 e. The minimum Gasteiger partial charge on any atom is -0.268 e. The number of aryl methyl sites for hydroxylation is 2. The summed E-state index contributed by atoms with van der Waals surface area (Å²) in [6.07, 6.45) is 0. The third kappa shape index (κ3) is 1.83. The fourth-order valence-electron chi connectivity index (χ4n) is 2.61. The van der Waals surface area contributed by atoms with Crippen LogP contribution >= 0.6 is 0 Å². The Morgan fingerprint density at radius 3 is 2.05 bits per heavy atom. The van der Waals surface area contributed by atoms with E-state index in [2.05, 4.69) is 6.07 Å². The smallest absolute Gasteiger partial charge is 0.266 e. The quantitative estimate of drug-likeness (QED) is 0.752. The van der Waals surface area contributed by atoms with Gasteiger partial charge in [-0.2, -0.15) is 5.26 Å². The highest BCUT2D eigenvalue weighted by molar-refractivity contribution is 6.34. The molecule has 2 amide bonds. The summed E-state index contributed by atoms with van der Waals surface area (Å²) >= 11 is 0. The molecule has 0 unspecified atom stereocenters. The van der Waals surface area contributed by atoms with Gasteiger partial charge in [-0.1, -0.05) is 18.2 Å². The maximum atomic E-state index is 12.5. The molecule has 1 aliphatic rings. The number of imide groups is 1. The van der Waals surface area contributed by atoms with Gasteiger partial charge in [-0.3, -0.25) is 9.59 Å². The standard InChI is InChI=1S/C17H12N2O2/c1-10-7-11(2)15(8-12(10)9-18)19-16(20)13-5-3-4-6-14(13)17(19)21/h3-8H,1-2H3. The molecule has 1 aliphatic heterocycles. The van der Waals surface area contributed by atoms with E-state index in [4.69, 9.17) is 5.26 Å². The molecule has 0 N–H and O–H groups in total. The highest BCUT2D eigenvalue weighted by Crippen LogP contribution is 2.32. The number of anilines is 1. The summed E-state index contributed by atoms with van der Waals surface area (Å²) in [4.78, 5) is 26.1. The lowest BCUT2D eigenvalue weighted by Crippen LogP contribution is -2.30. The van der Waals surface area contributed by atoms with Crippen LogP contribution in [0.25, 0.3) is 0 Å². The van der Waals surface area contributed by atoms with Crippen molar-refractivity contribution in [3.05, 3.63) is 64.2 Å². The molecule has 0 aromatic heterocycles. The van der Waals surface area contributed by atoms with Crippen LogP contribution in [-0.4, -0.2) is 11.8 Å². The molecule has 1 heterocycles. The van der Waals surface area contributed by atoms with E-state index in [1.165, 1.54) is 0 Å². The number of hydrogen-bond acceptors (Lipinski definition) is 3. The molecule has 0 spiro atoms. The van der Waals surface area contributed by atoms with Crippen molar-refractivity contribution in [2.24, 2.45) is 0 Å². The molecule has 21 heavy (non-hydrogen) atoms. The second kappa shape index (κ2) is 4.57. The van der Waals surface area contributed by atoms with Crippen molar-refractivity contribution in [3.63, 3.8) is 0 Å². The molecule has 0 saturated heterocycles. The van der Waals surface area contributed by atoms with Gasteiger partial charge in [0.15, 0.2) is 0 Å². The van der Waals surface area contributed by atoms with Crippen molar-refractivity contribution < 1.29 is 9.59 Å². The minimum absolute atomic E-state index is 0.341. The van der Waals surface area contributed by atoms with Crippen LogP contribution in [0.2, 0.25) is 0 Å². The molecular weight excluding hydrogens is 264 g/mol. The van der Waals surface area contributed by atoms with E-state index >= 15 is 0 Å². The first kappa shape index (κ1) is 13.1. The Kier molecular flexibility index (Phi) is 2.84. The number of nitrogens with zero attached hydrogens (tertiary/aromatic N) is 2. The van der Waals surface area contributed by atoms with Gasteiger partial charge in [0.25, 0.3) is 11.8 Å². The topological polar surface area (TPSA) is 61.2 Å². The highest BCUT2D eigenvalue weighted by Gasteiger charge is 2.37. The summed E-state index contributed by atoms with van der Waals surface area (Å²) < 4.78 is 0. The molecule has 4 heteroatoms. The summed E-state index contributed by atoms with van der Waals surface area (Å²) in [6, 6.07) is 12.3. The Morgan fingerprint density at radius 2 is 1.52 bits per heavy atom. The molecule has 2 aromatic carbocycles. The number of carbonyl (C=O) groups is 2. The lowest BCUT2D eigenvalue weighted by atomic mass is 10.0. The minimum atomic E-state index is -0.341. The lowest BCUT2D eigenvalue weighted by Gasteiger charge is -2.17. The predicted molar refractivity (Wildman–Crippen MR) is 78.2 cm³/mol. The van der Waals surface area contributed by atoms with E-state index in [9.17, 15) is 9.59 Å². The van der Waals surface area contributed by atoms with E-state index in [1.54, 1.807) is 30.3 Å². The number of hydrogen-bond donors (Lipinski definition) is 0. The highest BCUT2D eigenvalue weighted by atomic mass is 16.2. The zero-order valence-corrected chi connectivity index (χ0v) is 11.7. The first-order valence-electron chi connectivity index (χ1n) is 6.53. The SMILES string of the molecule is Cc1cc(C)c(N2C(=O)c3ccccc3C2=O)cc1C#N. The number of benzene rings is 2. The van der Waals surface area contributed by atoms with E-state index in [1.807, 2.05) is 19.9 Å². The van der Waals surface area contributed by atoms with Crippen molar-refractivity contribution in [1.29, 1.82) is 5.26 Å². The van der Waals surface area contributed by atoms with E-state index in [0.717, 1.165) is 16.0 Å². The predicted octanol–water partition coefficient (Wildman–Crippen LogP) is 2.98. The van der Waals surface area contributed by atoms with Crippen LogP contribution in [0.3, 0.4) is 0 Å². The zero-order valence-electron chi connectivity index (χ0n) is 11.7. The fraction of sp³-hybridized carbons (Fsp3) is 0.118. The summed E-state index contributed by atoms with van der Waals surface area (Å²) in [5, 5.41) is 9.14. The van der Waals surface area contributed by atoms with Crippen LogP contribution in [0.5, 0.6) is 0 Å². The van der Waals surface area contributed by atoms with Gasteiger partial charge in [0.05, 0.1) is 28.4 Å². The Bertz CT molecular complexity index is 796. The van der Waals surface area contributed by atoms with E-state index in [0.29, 0.717) is 22.4 Å². The maximum Gasteiger partial charge on any atom is 0.266 e. The van der Waals surface area contributed by atoms with Crippen molar-refractivity contribution in [2.45, 2.75) is 13.8 Å². The number of carbonyl (C=O) groups excluding carboxylic acids is 2. The summed E-state index contributed by atoms with van der Waals surface area (Å²) in [5.74, 6) is -0.683. The summed E-state index contributed by atoms with van der Waals surface area (Å²) in [5.41, 5.74) is 3.37. The summed E-state index contributed by atoms with van der Waals surface area (Å²) in [7, 11) is 0. The lowest BCUT2D eigenvalue weighted by molar-refractivity contribution is 0.0926. The molecule has 0 fully saturated rings. The third-order valence-electron chi connectivity index (χ3n) is 3.70. The number of nitriles is 1. The van der Waals surface area contributed by atoms with Gasteiger partial charge < -0.3 is 0 Å². The number of amides is 2. The van der Waals surface area contributed by atoms with Crippen LogP contribution in [-0.2, 0) is 0 Å². The molecule has 0 aliphatic carbocycles. The van der Waals surface area contributed by atoms with Gasteiger partial charge in [-0.15, -0.1) is 0 Å². The molecule has 0 saturated carbocycles. The van der Waals surface area contributed by atoms with Gasteiger partial charge in [0.2, 0.25) is 0 Å². The molecule has 0 bridgehead atoms. The monoisotopic (exact) mass is 276 g/mol. The van der Waals surface area contributed by atoms with Crippen molar-refractivity contribution in [1.82, 2.24) is 0 Å². The molecule has 4 nitrogen and oxygen atoms in total. The van der Waals surface area contributed by atoms with Gasteiger partial charge in [-0.25, -0.2) is 4.90 Å². The summed E-state index contributed by atoms with van der Waals surface area (Å²) in [6.45, 7) is 3.66. The van der Waals surface area contributed by atoms with Crippen LogP contribution in [0.4, 0.5) is 5.69 Å². The van der Waals surface area contributed by atoms with Gasteiger partial charge in [-0.05, 0) is 43.2 Å². The second-order valence-electron chi connectivity index (χ2n) is 5.06. The van der Waals surface area contributed by atoms with Crippen LogP contribution in [0.15, 0.2) is 36.4 Å². The van der Waals surface area contributed by atoms with E-state index < -0.39 is 0 Å². The number of fused-ring (bicyclic) bond motifs is 1. The van der Waals surface area contributed by atoms with Gasteiger partial charge in [0.1, 0.15) is 0 Å². The van der Waals surface area contributed by atoms with Crippen molar-refractivity contribution in [3.8, 4) is 6.07 Å². The van der Waals surface area contributed by atoms with Crippen molar-refractivity contribution >= 4 is 17.5 Å². The third-order valence-corrected chi connectivity index (χ3v) is 3.70. The first-order chi connectivity index (χ1) is 10.0. The Balaban J connectivity index is 2.18. The second-order valence-corrected chi connectivity index (χ2v) is 5.06. The van der Waals surface area contributed by atoms with Gasteiger partial charge >= 0.3 is 0 Å². The maximum absolute atomic E-state index is 12.5. The van der Waals surface area contributed by atoms with Gasteiger partial charge in [0, 0.05) is 0 Å². The fourth-order valence-corrected chi connectivity index (χ4v) is 2.61. The van der Waals surface area contributed by atoms with Crippen LogP contribution < -0.4 is 4.90 Å². The first-order valence-corrected chi connectivity index (χ1v) is 6.53. The Morgan fingerprint density at radius 1 is 0.952 bits per heavy atom. The molecule has 0 atom stereocenters. The van der Waals surface area contributed by atoms with Crippen molar-refractivity contribution in [2.75, 3.05) is 4.90 Å². The zero-order chi connectivity index (χ0) is 15.1. The molecule has 3 rings (SSSR count). The molecule has 102 valence electrons. The Hall–Kier alpha value is -2.93. The average Bonchev–Trinajstić information content (AvgIpc) is 2.72. The van der Waals surface area contributed by atoms with E-state index in [-0.39, 0.29) is 11.8 Å².